The third-order valence-corrected chi connectivity index (χ3v) is 8.66. The van der Waals surface area contributed by atoms with Crippen LogP contribution in [0.3, 0.4) is 0 Å². The number of amides is 1. The number of thiocarbonyl (C=S) groups is 1. The first-order chi connectivity index (χ1) is 18.4. The van der Waals surface area contributed by atoms with Gasteiger partial charge in [0.05, 0.1) is 16.8 Å². The molecule has 4 rings (SSSR count). The van der Waals surface area contributed by atoms with Crippen molar-refractivity contribution in [2.45, 2.75) is 42.9 Å². The van der Waals surface area contributed by atoms with Gasteiger partial charge in [-0.15, -0.1) is 11.8 Å². The van der Waals surface area contributed by atoms with Gasteiger partial charge in [-0.3, -0.25) is 4.79 Å². The average molecular weight is 590 g/mol. The Kier molecular flexibility index (Phi) is 9.05. The first kappa shape index (κ1) is 29.5. The van der Waals surface area contributed by atoms with E-state index >= 15 is 0 Å². The number of halogens is 6. The van der Waals surface area contributed by atoms with E-state index in [1.807, 2.05) is 30.5 Å². The predicted octanol–water partition coefficient (Wildman–Crippen LogP) is 7.41. The molecule has 212 valence electrons. The SMILES string of the molecule is CSc1ccccc1NC(=S)N1CCC(C2CCN(C(=O)c3cc(C(F)(F)F)cc(C(F)(F)F)c3)CC2)CC1. The maximum Gasteiger partial charge on any atom is 0.416 e. The second-order valence-electron chi connectivity index (χ2n) is 9.88. The third kappa shape index (κ3) is 7.19. The lowest BCUT2D eigenvalue weighted by atomic mass is 9.79. The van der Waals surface area contributed by atoms with E-state index in [0.717, 1.165) is 36.5 Å². The Labute approximate surface area is 233 Å². The zero-order chi connectivity index (χ0) is 28.4. The quantitative estimate of drug-likeness (QED) is 0.228. The standard InChI is InChI=1S/C27H29F6N3OS2/c1-39-23-5-3-2-4-22(23)34-25(38)36-12-8-18(9-13-36)17-6-10-35(11-7-17)24(37)19-14-20(26(28,29)30)16-21(15-19)27(31,32)33/h2-5,14-18H,6-13H2,1H3,(H,34,38). The van der Waals surface area contributed by atoms with Crippen LogP contribution < -0.4 is 5.32 Å². The van der Waals surface area contributed by atoms with E-state index in [2.05, 4.69) is 10.2 Å². The lowest BCUT2D eigenvalue weighted by Crippen LogP contribution is -2.45. The number of alkyl halides is 6. The minimum absolute atomic E-state index is 0.0398. The van der Waals surface area contributed by atoms with Crippen LogP contribution >= 0.6 is 24.0 Å². The van der Waals surface area contributed by atoms with Gasteiger partial charge in [0.1, 0.15) is 0 Å². The molecular formula is C27H29F6N3OS2. The molecule has 2 aromatic carbocycles. The van der Waals surface area contributed by atoms with Crippen molar-refractivity contribution in [2.75, 3.05) is 37.8 Å². The van der Waals surface area contributed by atoms with Gasteiger partial charge in [-0.1, -0.05) is 12.1 Å². The monoisotopic (exact) mass is 589 g/mol. The molecule has 0 aliphatic carbocycles. The van der Waals surface area contributed by atoms with Crippen molar-refractivity contribution < 1.29 is 31.1 Å². The lowest BCUT2D eigenvalue weighted by Gasteiger charge is -2.41. The molecule has 0 atom stereocenters. The normalized spacial score (nSPS) is 17.8. The van der Waals surface area contributed by atoms with Crippen molar-refractivity contribution in [1.29, 1.82) is 0 Å². The molecule has 0 saturated carbocycles. The number of hydrogen-bond donors (Lipinski definition) is 1. The highest BCUT2D eigenvalue weighted by atomic mass is 32.2. The predicted molar refractivity (Wildman–Crippen MR) is 144 cm³/mol. The summed E-state index contributed by atoms with van der Waals surface area (Å²) in [5.41, 5.74) is -2.58. The maximum atomic E-state index is 13.2. The molecule has 2 aromatic rings. The van der Waals surface area contributed by atoms with Gasteiger partial charge in [-0.05, 0) is 86.3 Å². The summed E-state index contributed by atoms with van der Waals surface area (Å²) in [5, 5.41) is 4.01. The van der Waals surface area contributed by atoms with E-state index in [9.17, 15) is 31.1 Å². The molecule has 0 bridgehead atoms. The fourth-order valence-electron chi connectivity index (χ4n) is 5.35. The molecule has 12 heteroatoms. The molecule has 39 heavy (non-hydrogen) atoms. The number of likely N-dealkylation sites (tertiary alicyclic amines) is 2. The topological polar surface area (TPSA) is 35.6 Å². The summed E-state index contributed by atoms with van der Waals surface area (Å²) in [4.78, 5) is 17.5. The van der Waals surface area contributed by atoms with Crippen LogP contribution in [-0.4, -0.2) is 53.3 Å². The highest BCUT2D eigenvalue weighted by Gasteiger charge is 2.38. The summed E-state index contributed by atoms with van der Waals surface area (Å²) in [5.74, 6) is -0.0471. The molecule has 1 N–H and O–H groups in total. The number of anilines is 1. The Bertz CT molecular complexity index is 1150. The van der Waals surface area contributed by atoms with E-state index in [1.54, 1.807) is 11.8 Å². The Morgan fingerprint density at radius 1 is 0.846 bits per heavy atom. The molecule has 2 saturated heterocycles. The molecule has 2 heterocycles. The van der Waals surface area contributed by atoms with Gasteiger partial charge in [0.15, 0.2) is 5.11 Å². The van der Waals surface area contributed by atoms with Crippen molar-refractivity contribution >= 4 is 40.7 Å². The minimum Gasteiger partial charge on any atom is -0.349 e. The Morgan fingerprint density at radius 2 is 1.33 bits per heavy atom. The molecule has 1 amide bonds. The number of benzene rings is 2. The van der Waals surface area contributed by atoms with Crippen molar-refractivity contribution in [3.8, 4) is 0 Å². The first-order valence-electron chi connectivity index (χ1n) is 12.6. The highest BCUT2D eigenvalue weighted by Crippen LogP contribution is 2.38. The molecular weight excluding hydrogens is 560 g/mol. The van der Waals surface area contributed by atoms with E-state index in [0.29, 0.717) is 55.0 Å². The lowest BCUT2D eigenvalue weighted by molar-refractivity contribution is -0.143. The smallest absolute Gasteiger partial charge is 0.349 e. The highest BCUT2D eigenvalue weighted by molar-refractivity contribution is 7.98. The third-order valence-electron chi connectivity index (χ3n) is 7.50. The molecule has 0 aromatic heterocycles. The summed E-state index contributed by atoms with van der Waals surface area (Å²) >= 11 is 7.27. The van der Waals surface area contributed by atoms with Crippen molar-refractivity contribution in [3.05, 3.63) is 59.2 Å². The van der Waals surface area contributed by atoms with Crippen molar-refractivity contribution in [3.63, 3.8) is 0 Å². The average Bonchev–Trinajstić information content (AvgIpc) is 2.92. The summed E-state index contributed by atoms with van der Waals surface area (Å²) < 4.78 is 79.3. The Morgan fingerprint density at radius 3 is 1.82 bits per heavy atom. The Hall–Kier alpha value is -2.47. The number of carbonyl (C=O) groups excluding carboxylic acids is 1. The number of carbonyl (C=O) groups is 1. The molecule has 4 nitrogen and oxygen atoms in total. The van der Waals surface area contributed by atoms with Crippen LogP contribution in [0.2, 0.25) is 0 Å². The van der Waals surface area contributed by atoms with Crippen LogP contribution in [0.4, 0.5) is 32.0 Å². The van der Waals surface area contributed by atoms with Crippen LogP contribution in [0.1, 0.15) is 47.2 Å². The zero-order valence-electron chi connectivity index (χ0n) is 21.2. The van der Waals surface area contributed by atoms with E-state index in [1.165, 1.54) is 4.90 Å². The molecule has 2 aliphatic rings. The van der Waals surface area contributed by atoms with Crippen molar-refractivity contribution in [2.24, 2.45) is 11.8 Å². The number of nitrogens with zero attached hydrogens (tertiary/aromatic N) is 2. The van der Waals surface area contributed by atoms with Gasteiger partial charge in [0, 0.05) is 36.6 Å². The van der Waals surface area contributed by atoms with Gasteiger partial charge in [-0.25, -0.2) is 0 Å². The van der Waals surface area contributed by atoms with E-state index in [-0.39, 0.29) is 6.07 Å². The summed E-state index contributed by atoms with van der Waals surface area (Å²) in [6.07, 6.45) is -4.81. The van der Waals surface area contributed by atoms with Crippen molar-refractivity contribution in [1.82, 2.24) is 9.80 Å². The van der Waals surface area contributed by atoms with Crippen LogP contribution in [-0.2, 0) is 12.4 Å². The number of thioether (sulfide) groups is 1. The van der Waals surface area contributed by atoms with Crippen LogP contribution in [0.25, 0.3) is 0 Å². The minimum atomic E-state index is -4.99. The zero-order valence-corrected chi connectivity index (χ0v) is 22.9. The largest absolute Gasteiger partial charge is 0.416 e. The number of piperidine rings is 2. The number of nitrogens with one attached hydrogen (secondary N) is 1. The second kappa shape index (κ2) is 12.0. The number of rotatable bonds is 4. The van der Waals surface area contributed by atoms with Crippen LogP contribution in [0.5, 0.6) is 0 Å². The Balaban J connectivity index is 1.32. The van der Waals surface area contributed by atoms with Crippen LogP contribution in [0, 0.1) is 11.8 Å². The van der Waals surface area contributed by atoms with Gasteiger partial charge < -0.3 is 15.1 Å². The fraction of sp³-hybridized carbons (Fsp3) is 0.481. The summed E-state index contributed by atoms with van der Waals surface area (Å²) in [7, 11) is 0. The van der Waals surface area contributed by atoms with Crippen LogP contribution in [0.15, 0.2) is 47.4 Å². The molecule has 0 spiro atoms. The summed E-state index contributed by atoms with van der Waals surface area (Å²) in [6, 6.07) is 9.00. The van der Waals surface area contributed by atoms with Gasteiger partial charge in [0.25, 0.3) is 5.91 Å². The molecule has 2 aliphatic heterocycles. The number of para-hydroxylation sites is 1. The van der Waals surface area contributed by atoms with E-state index in [4.69, 9.17) is 12.2 Å². The molecule has 2 fully saturated rings. The fourth-order valence-corrected chi connectivity index (χ4v) is 6.20. The first-order valence-corrected chi connectivity index (χ1v) is 14.3. The number of hydrogen-bond acceptors (Lipinski definition) is 3. The van der Waals surface area contributed by atoms with Gasteiger partial charge in [-0.2, -0.15) is 26.3 Å². The molecule has 0 radical (unpaired) electrons. The summed E-state index contributed by atoms with van der Waals surface area (Å²) in [6.45, 7) is 2.18. The van der Waals surface area contributed by atoms with Gasteiger partial charge in [0.2, 0.25) is 0 Å². The van der Waals surface area contributed by atoms with E-state index < -0.39 is 35.0 Å². The second-order valence-corrected chi connectivity index (χ2v) is 11.1. The molecule has 0 unspecified atom stereocenters. The van der Waals surface area contributed by atoms with Gasteiger partial charge >= 0.3 is 12.4 Å². The maximum absolute atomic E-state index is 13.2.